The smallest absolute Gasteiger partial charge is 0.264 e. The van der Waals surface area contributed by atoms with Gasteiger partial charge in [0.1, 0.15) is 12.6 Å². The molecule has 0 heterocycles. The molecule has 3 rings (SSSR count). The van der Waals surface area contributed by atoms with E-state index in [-0.39, 0.29) is 23.4 Å². The molecule has 40 heavy (non-hydrogen) atoms. The molecule has 0 spiro atoms. The van der Waals surface area contributed by atoms with Gasteiger partial charge in [-0.05, 0) is 67.6 Å². The van der Waals surface area contributed by atoms with Crippen LogP contribution in [0.25, 0.3) is 0 Å². The third-order valence-electron chi connectivity index (χ3n) is 6.93. The van der Waals surface area contributed by atoms with E-state index in [0.29, 0.717) is 22.7 Å². The Kier molecular flexibility index (Phi) is 11.2. The predicted molar refractivity (Wildman–Crippen MR) is 161 cm³/mol. The molecule has 0 saturated heterocycles. The van der Waals surface area contributed by atoms with Crippen LogP contribution in [0, 0.1) is 0 Å². The summed E-state index contributed by atoms with van der Waals surface area (Å²) < 4.78 is 28.9. The molecule has 0 radical (unpaired) electrons. The summed E-state index contributed by atoms with van der Waals surface area (Å²) in [4.78, 5) is 28.9. The van der Waals surface area contributed by atoms with E-state index in [1.165, 1.54) is 17.0 Å². The number of amides is 2. The highest BCUT2D eigenvalue weighted by atomic mass is 35.5. The molecule has 1 N–H and O–H groups in total. The number of carbonyl (C=O) groups is 2. The SMILES string of the molecule is CCc1ccc(N(CC(=O)N(Cc2ccccc2Cl)[C@@H](CC)C(=O)N[C@@H](C)CC)S(=O)(=O)c2ccccc2)cc1. The fourth-order valence-corrected chi connectivity index (χ4v) is 5.95. The minimum Gasteiger partial charge on any atom is -0.352 e. The summed E-state index contributed by atoms with van der Waals surface area (Å²) in [6, 6.07) is 21.4. The Balaban J connectivity index is 2.06. The average molecular weight is 584 g/mol. The monoisotopic (exact) mass is 583 g/mol. The van der Waals surface area contributed by atoms with Crippen molar-refractivity contribution < 1.29 is 18.0 Å². The zero-order valence-electron chi connectivity index (χ0n) is 23.5. The Hall–Kier alpha value is -3.36. The van der Waals surface area contributed by atoms with Gasteiger partial charge in [-0.25, -0.2) is 8.42 Å². The van der Waals surface area contributed by atoms with Crippen LogP contribution < -0.4 is 9.62 Å². The second kappa shape index (κ2) is 14.3. The van der Waals surface area contributed by atoms with Gasteiger partial charge in [-0.2, -0.15) is 0 Å². The summed E-state index contributed by atoms with van der Waals surface area (Å²) in [5.41, 5.74) is 2.07. The molecular weight excluding hydrogens is 546 g/mol. The number of rotatable bonds is 13. The van der Waals surface area contributed by atoms with Gasteiger partial charge >= 0.3 is 0 Å². The number of benzene rings is 3. The first-order chi connectivity index (χ1) is 19.1. The van der Waals surface area contributed by atoms with E-state index in [1.807, 2.05) is 45.9 Å². The van der Waals surface area contributed by atoms with Gasteiger partial charge in [0.2, 0.25) is 11.8 Å². The molecular formula is C31H38ClN3O4S. The Bertz CT molecular complexity index is 1380. The molecule has 2 atom stereocenters. The van der Waals surface area contributed by atoms with Crippen molar-refractivity contribution in [1.29, 1.82) is 0 Å². The van der Waals surface area contributed by atoms with Gasteiger partial charge in [0.25, 0.3) is 10.0 Å². The summed E-state index contributed by atoms with van der Waals surface area (Å²) in [6.45, 7) is 7.28. The highest BCUT2D eigenvalue weighted by Crippen LogP contribution is 2.26. The molecule has 9 heteroatoms. The van der Waals surface area contributed by atoms with Crippen LogP contribution in [0.1, 0.15) is 51.7 Å². The second-order valence-electron chi connectivity index (χ2n) is 9.70. The quantitative estimate of drug-likeness (QED) is 0.275. The zero-order chi connectivity index (χ0) is 29.3. The van der Waals surface area contributed by atoms with Gasteiger partial charge in [-0.15, -0.1) is 0 Å². The molecule has 214 valence electrons. The molecule has 3 aromatic rings. The van der Waals surface area contributed by atoms with Crippen molar-refractivity contribution in [2.75, 3.05) is 10.8 Å². The Morgan fingerprint density at radius 2 is 1.50 bits per heavy atom. The lowest BCUT2D eigenvalue weighted by molar-refractivity contribution is -0.140. The van der Waals surface area contributed by atoms with Crippen molar-refractivity contribution in [2.45, 2.75) is 70.5 Å². The van der Waals surface area contributed by atoms with Gasteiger partial charge in [0, 0.05) is 17.6 Å². The maximum absolute atomic E-state index is 14.1. The van der Waals surface area contributed by atoms with Crippen molar-refractivity contribution in [3.8, 4) is 0 Å². The third-order valence-corrected chi connectivity index (χ3v) is 9.08. The van der Waals surface area contributed by atoms with Gasteiger partial charge in [0.15, 0.2) is 0 Å². The molecule has 0 aromatic heterocycles. The standard InChI is InChI=1S/C31H38ClN3O4S/c1-5-23(4)33-31(37)29(7-3)34(21-25-13-11-12-16-28(25)32)30(36)22-35(26-19-17-24(6-2)18-20-26)40(38,39)27-14-9-8-10-15-27/h8-20,23,29H,5-7,21-22H2,1-4H3,(H,33,37)/t23-,29-/m0/s1. The van der Waals surface area contributed by atoms with Crippen molar-refractivity contribution in [2.24, 2.45) is 0 Å². The highest BCUT2D eigenvalue weighted by molar-refractivity contribution is 7.92. The van der Waals surface area contributed by atoms with Crippen LogP contribution in [0.3, 0.4) is 0 Å². The fourth-order valence-electron chi connectivity index (χ4n) is 4.32. The summed E-state index contributed by atoms with van der Waals surface area (Å²) in [5, 5.41) is 3.43. The number of nitrogens with zero attached hydrogens (tertiary/aromatic N) is 2. The van der Waals surface area contributed by atoms with Gasteiger partial charge in [-0.3, -0.25) is 13.9 Å². The lowest BCUT2D eigenvalue weighted by atomic mass is 10.1. The molecule has 7 nitrogen and oxygen atoms in total. The molecule has 0 aliphatic carbocycles. The minimum absolute atomic E-state index is 0.0545. The minimum atomic E-state index is -4.10. The first-order valence-corrected chi connectivity index (χ1v) is 15.4. The van der Waals surface area contributed by atoms with Gasteiger partial charge in [-0.1, -0.05) is 80.9 Å². The Morgan fingerprint density at radius 1 is 0.875 bits per heavy atom. The molecule has 3 aromatic carbocycles. The molecule has 0 saturated carbocycles. The molecule has 0 bridgehead atoms. The predicted octanol–water partition coefficient (Wildman–Crippen LogP) is 5.82. The maximum Gasteiger partial charge on any atom is 0.264 e. The van der Waals surface area contributed by atoms with Crippen LogP contribution in [-0.2, 0) is 32.6 Å². The molecule has 0 fully saturated rings. The summed E-state index contributed by atoms with van der Waals surface area (Å²) >= 11 is 6.45. The lowest BCUT2D eigenvalue weighted by Gasteiger charge is -2.34. The Morgan fingerprint density at radius 3 is 2.08 bits per heavy atom. The van der Waals surface area contributed by atoms with E-state index >= 15 is 0 Å². The van der Waals surface area contributed by atoms with Crippen molar-refractivity contribution in [3.63, 3.8) is 0 Å². The Labute approximate surface area is 243 Å². The van der Waals surface area contributed by atoms with Crippen LogP contribution in [0.5, 0.6) is 0 Å². The normalized spacial score (nSPS) is 12.8. The largest absolute Gasteiger partial charge is 0.352 e. The number of sulfonamides is 1. The van der Waals surface area contributed by atoms with Crippen molar-refractivity contribution >= 4 is 39.1 Å². The fraction of sp³-hybridized carbons (Fsp3) is 0.355. The summed E-state index contributed by atoms with van der Waals surface area (Å²) in [6.07, 6.45) is 1.87. The summed E-state index contributed by atoms with van der Waals surface area (Å²) in [7, 11) is -4.10. The van der Waals surface area contributed by atoms with E-state index in [1.54, 1.807) is 48.5 Å². The maximum atomic E-state index is 14.1. The number of carbonyl (C=O) groups excluding carboxylic acids is 2. The van der Waals surface area contributed by atoms with Crippen LogP contribution >= 0.6 is 11.6 Å². The number of halogens is 1. The molecule has 2 amide bonds. The van der Waals surface area contributed by atoms with Crippen LogP contribution in [0.4, 0.5) is 5.69 Å². The molecule has 0 aliphatic heterocycles. The van der Waals surface area contributed by atoms with Crippen molar-refractivity contribution in [3.05, 3.63) is 95.0 Å². The van der Waals surface area contributed by atoms with Crippen LogP contribution in [0.2, 0.25) is 5.02 Å². The van der Waals surface area contributed by atoms with Gasteiger partial charge < -0.3 is 10.2 Å². The van der Waals surface area contributed by atoms with Crippen LogP contribution in [-0.4, -0.2) is 43.8 Å². The average Bonchev–Trinajstić information content (AvgIpc) is 2.97. The first kappa shape index (κ1) is 31.2. The second-order valence-corrected chi connectivity index (χ2v) is 12.0. The van der Waals surface area contributed by atoms with E-state index < -0.39 is 28.5 Å². The third kappa shape index (κ3) is 7.64. The summed E-state index contributed by atoms with van der Waals surface area (Å²) in [5.74, 6) is -0.799. The number of hydrogen-bond donors (Lipinski definition) is 1. The topological polar surface area (TPSA) is 86.8 Å². The number of anilines is 1. The number of aryl methyl sites for hydroxylation is 1. The number of nitrogens with one attached hydrogen (secondary N) is 1. The van der Waals surface area contributed by atoms with Crippen LogP contribution in [0.15, 0.2) is 83.8 Å². The molecule has 0 unspecified atom stereocenters. The van der Waals surface area contributed by atoms with Gasteiger partial charge in [0.05, 0.1) is 10.6 Å². The van der Waals surface area contributed by atoms with E-state index in [2.05, 4.69) is 5.32 Å². The molecule has 0 aliphatic rings. The first-order valence-electron chi connectivity index (χ1n) is 13.6. The van der Waals surface area contributed by atoms with E-state index in [4.69, 9.17) is 11.6 Å². The lowest BCUT2D eigenvalue weighted by Crippen LogP contribution is -2.53. The highest BCUT2D eigenvalue weighted by Gasteiger charge is 2.34. The number of hydrogen-bond acceptors (Lipinski definition) is 4. The van der Waals surface area contributed by atoms with Crippen molar-refractivity contribution in [1.82, 2.24) is 10.2 Å². The van der Waals surface area contributed by atoms with E-state index in [0.717, 1.165) is 22.7 Å². The van der Waals surface area contributed by atoms with E-state index in [9.17, 15) is 18.0 Å². The zero-order valence-corrected chi connectivity index (χ0v) is 25.1.